The van der Waals surface area contributed by atoms with Crippen molar-refractivity contribution in [2.45, 2.75) is 32.0 Å². The third kappa shape index (κ3) is 4.72. The quantitative estimate of drug-likeness (QED) is 0.574. The molecule has 2 N–H and O–H groups in total. The number of furan rings is 1. The first-order chi connectivity index (χ1) is 15.5. The maximum atomic E-state index is 13.1. The van der Waals surface area contributed by atoms with Crippen molar-refractivity contribution in [3.63, 3.8) is 0 Å². The first-order valence-corrected chi connectivity index (χ1v) is 10.5. The van der Waals surface area contributed by atoms with Crippen LogP contribution in [-0.2, 0) is 22.6 Å². The normalized spacial score (nSPS) is 15.8. The molecule has 1 aromatic heterocycles. The molecule has 0 radical (unpaired) electrons. The minimum atomic E-state index is -0.782. The Labute approximate surface area is 186 Å². The molecule has 2 unspecified atom stereocenters. The number of fused-ring (bicyclic) bond motifs is 1. The van der Waals surface area contributed by atoms with Crippen LogP contribution in [0.5, 0.6) is 0 Å². The second-order valence-electron chi connectivity index (χ2n) is 7.93. The fourth-order valence-corrected chi connectivity index (χ4v) is 4.00. The topological polar surface area (TPSA) is 91.6 Å². The van der Waals surface area contributed by atoms with Gasteiger partial charge in [0.15, 0.2) is 0 Å². The standard InChI is InChI=1S/C25H25N3O4/c1-17(13-19-11-12-32-16-19)27-22(29)14-26-24(30)23-20-9-5-6-10-21(20)25(31)28(23)15-18-7-3-2-4-8-18/h2-12,16-17,23H,13-15H2,1H3,(H,26,30)(H,27,29). The summed E-state index contributed by atoms with van der Waals surface area (Å²) in [7, 11) is 0. The van der Waals surface area contributed by atoms with Gasteiger partial charge < -0.3 is 20.0 Å². The highest BCUT2D eigenvalue weighted by Gasteiger charge is 2.40. The van der Waals surface area contributed by atoms with Crippen molar-refractivity contribution in [3.05, 3.63) is 95.4 Å². The van der Waals surface area contributed by atoms with E-state index >= 15 is 0 Å². The Morgan fingerprint density at radius 2 is 1.78 bits per heavy atom. The maximum Gasteiger partial charge on any atom is 0.255 e. The van der Waals surface area contributed by atoms with E-state index in [0.717, 1.165) is 11.1 Å². The third-order valence-electron chi connectivity index (χ3n) is 5.45. The summed E-state index contributed by atoms with van der Waals surface area (Å²) in [6.07, 6.45) is 3.86. The van der Waals surface area contributed by atoms with Crippen molar-refractivity contribution in [1.82, 2.24) is 15.5 Å². The Balaban J connectivity index is 1.41. The number of rotatable bonds is 8. The van der Waals surface area contributed by atoms with Crippen LogP contribution >= 0.6 is 0 Å². The lowest BCUT2D eigenvalue weighted by Gasteiger charge is -2.25. The number of nitrogens with zero attached hydrogens (tertiary/aromatic N) is 1. The SMILES string of the molecule is CC(Cc1ccoc1)NC(=O)CNC(=O)C1c2ccccc2C(=O)N1Cc1ccccc1. The monoisotopic (exact) mass is 431 g/mol. The number of nitrogens with one attached hydrogen (secondary N) is 2. The summed E-state index contributed by atoms with van der Waals surface area (Å²) < 4.78 is 5.04. The zero-order valence-corrected chi connectivity index (χ0v) is 17.8. The van der Waals surface area contributed by atoms with E-state index in [2.05, 4.69) is 10.6 Å². The lowest BCUT2D eigenvalue weighted by atomic mass is 10.0. The van der Waals surface area contributed by atoms with Gasteiger partial charge in [0.1, 0.15) is 6.04 Å². The average molecular weight is 431 g/mol. The van der Waals surface area contributed by atoms with Gasteiger partial charge in [-0.3, -0.25) is 14.4 Å². The molecule has 32 heavy (non-hydrogen) atoms. The number of hydrogen-bond donors (Lipinski definition) is 2. The fraction of sp³-hybridized carbons (Fsp3) is 0.240. The zero-order chi connectivity index (χ0) is 22.5. The van der Waals surface area contributed by atoms with Crippen LogP contribution in [0.4, 0.5) is 0 Å². The van der Waals surface area contributed by atoms with E-state index in [0.29, 0.717) is 24.1 Å². The van der Waals surface area contributed by atoms with Crippen molar-refractivity contribution in [2.75, 3.05) is 6.54 Å². The van der Waals surface area contributed by atoms with Gasteiger partial charge in [-0.15, -0.1) is 0 Å². The van der Waals surface area contributed by atoms with Gasteiger partial charge >= 0.3 is 0 Å². The Morgan fingerprint density at radius 1 is 1.03 bits per heavy atom. The predicted molar refractivity (Wildman–Crippen MR) is 119 cm³/mol. The van der Waals surface area contributed by atoms with Crippen molar-refractivity contribution >= 4 is 17.7 Å². The van der Waals surface area contributed by atoms with E-state index in [1.807, 2.05) is 49.4 Å². The number of amides is 3. The molecule has 0 saturated heterocycles. The molecule has 3 aromatic rings. The second-order valence-corrected chi connectivity index (χ2v) is 7.93. The summed E-state index contributed by atoms with van der Waals surface area (Å²) >= 11 is 0. The minimum Gasteiger partial charge on any atom is -0.472 e. The Kier molecular flexibility index (Phi) is 6.35. The summed E-state index contributed by atoms with van der Waals surface area (Å²) in [6, 6.07) is 17.6. The summed E-state index contributed by atoms with van der Waals surface area (Å²) in [5.41, 5.74) is 3.08. The Hall–Kier alpha value is -3.87. The summed E-state index contributed by atoms with van der Waals surface area (Å²) in [4.78, 5) is 40.0. The maximum absolute atomic E-state index is 13.1. The highest BCUT2D eigenvalue weighted by atomic mass is 16.3. The number of benzene rings is 2. The van der Waals surface area contributed by atoms with Gasteiger partial charge in [-0.05, 0) is 42.2 Å². The number of carbonyl (C=O) groups is 3. The van der Waals surface area contributed by atoms with Gasteiger partial charge in [-0.1, -0.05) is 48.5 Å². The van der Waals surface area contributed by atoms with E-state index in [4.69, 9.17) is 4.42 Å². The molecular formula is C25H25N3O4. The van der Waals surface area contributed by atoms with Gasteiger partial charge in [0.2, 0.25) is 11.8 Å². The van der Waals surface area contributed by atoms with Crippen LogP contribution in [0.25, 0.3) is 0 Å². The highest BCUT2D eigenvalue weighted by Crippen LogP contribution is 2.34. The van der Waals surface area contributed by atoms with Crippen LogP contribution in [-0.4, -0.2) is 35.2 Å². The lowest BCUT2D eigenvalue weighted by Crippen LogP contribution is -2.45. The van der Waals surface area contributed by atoms with Crippen molar-refractivity contribution in [3.8, 4) is 0 Å². The molecule has 0 fully saturated rings. The second kappa shape index (κ2) is 9.51. The first kappa shape index (κ1) is 21.4. The minimum absolute atomic E-state index is 0.111. The van der Waals surface area contributed by atoms with E-state index in [1.165, 1.54) is 0 Å². The van der Waals surface area contributed by atoms with Crippen molar-refractivity contribution < 1.29 is 18.8 Å². The van der Waals surface area contributed by atoms with Gasteiger partial charge in [0.25, 0.3) is 5.91 Å². The molecular weight excluding hydrogens is 406 g/mol. The molecule has 2 atom stereocenters. The molecule has 0 aliphatic carbocycles. The largest absolute Gasteiger partial charge is 0.472 e. The van der Waals surface area contributed by atoms with Gasteiger partial charge in [0.05, 0.1) is 19.1 Å². The van der Waals surface area contributed by atoms with Crippen LogP contribution in [0.1, 0.15) is 40.0 Å². The smallest absolute Gasteiger partial charge is 0.255 e. The molecule has 1 aliphatic rings. The fourth-order valence-electron chi connectivity index (χ4n) is 4.00. The van der Waals surface area contributed by atoms with Crippen molar-refractivity contribution in [2.24, 2.45) is 0 Å². The molecule has 4 rings (SSSR count). The van der Waals surface area contributed by atoms with Gasteiger partial charge in [-0.2, -0.15) is 0 Å². The number of carbonyl (C=O) groups excluding carboxylic acids is 3. The van der Waals surface area contributed by atoms with E-state index < -0.39 is 6.04 Å². The Morgan fingerprint density at radius 3 is 2.53 bits per heavy atom. The van der Waals surface area contributed by atoms with Crippen molar-refractivity contribution in [1.29, 1.82) is 0 Å². The summed E-state index contributed by atoms with van der Waals surface area (Å²) in [5.74, 6) is -0.860. The highest BCUT2D eigenvalue weighted by molar-refractivity contribution is 6.05. The molecule has 7 nitrogen and oxygen atoms in total. The summed E-state index contributed by atoms with van der Waals surface area (Å²) in [6.45, 7) is 2.03. The van der Waals surface area contributed by atoms with Crippen LogP contribution in [0.2, 0.25) is 0 Å². The average Bonchev–Trinajstić information content (AvgIpc) is 3.39. The zero-order valence-electron chi connectivity index (χ0n) is 17.8. The molecule has 0 spiro atoms. The van der Waals surface area contributed by atoms with Crippen LogP contribution < -0.4 is 10.6 Å². The van der Waals surface area contributed by atoms with Crippen LogP contribution in [0.15, 0.2) is 77.6 Å². The molecule has 1 aliphatic heterocycles. The first-order valence-electron chi connectivity index (χ1n) is 10.5. The molecule has 7 heteroatoms. The third-order valence-corrected chi connectivity index (χ3v) is 5.45. The van der Waals surface area contributed by atoms with Gasteiger partial charge in [-0.25, -0.2) is 0 Å². The van der Waals surface area contributed by atoms with Crippen LogP contribution in [0, 0.1) is 0 Å². The molecule has 2 aromatic carbocycles. The molecule has 0 bridgehead atoms. The molecule has 3 amide bonds. The molecule has 164 valence electrons. The lowest BCUT2D eigenvalue weighted by molar-refractivity contribution is -0.129. The summed E-state index contributed by atoms with van der Waals surface area (Å²) in [5, 5.41) is 5.57. The van der Waals surface area contributed by atoms with Gasteiger partial charge in [0, 0.05) is 18.2 Å². The van der Waals surface area contributed by atoms with Crippen LogP contribution in [0.3, 0.4) is 0 Å². The molecule has 0 saturated carbocycles. The predicted octanol–water partition coefficient (Wildman–Crippen LogP) is 2.84. The Bertz CT molecular complexity index is 1100. The van der Waals surface area contributed by atoms with E-state index in [9.17, 15) is 14.4 Å². The van der Waals surface area contributed by atoms with E-state index in [1.54, 1.807) is 35.6 Å². The molecule has 2 heterocycles. The van der Waals surface area contributed by atoms with E-state index in [-0.39, 0.29) is 30.3 Å². The number of hydrogen-bond acceptors (Lipinski definition) is 4.